The molecule has 0 aromatic carbocycles. The van der Waals surface area contributed by atoms with Crippen LogP contribution in [0.3, 0.4) is 0 Å². The molecule has 1 saturated heterocycles. The number of piperazine rings is 1. The van der Waals surface area contributed by atoms with E-state index in [9.17, 15) is 4.79 Å². The maximum atomic E-state index is 10.9. The van der Waals surface area contributed by atoms with Gasteiger partial charge in [0.1, 0.15) is 0 Å². The van der Waals surface area contributed by atoms with Gasteiger partial charge in [0.15, 0.2) is 0 Å². The number of nitrogens with zero attached hydrogens (tertiary/aromatic N) is 1. The molecule has 1 fully saturated rings. The van der Waals surface area contributed by atoms with Crippen molar-refractivity contribution < 1.29 is 4.79 Å². The summed E-state index contributed by atoms with van der Waals surface area (Å²) in [5.41, 5.74) is 5.19. The molecule has 3 N–H and O–H groups in total. The van der Waals surface area contributed by atoms with Crippen molar-refractivity contribution in [3.63, 3.8) is 0 Å². The molecule has 0 aliphatic carbocycles. The second-order valence-electron chi connectivity index (χ2n) is 2.33. The SMILES string of the molecule is C.C.C.NCC(=O)N1CCNCC1. The number of hydrogen-bond donors (Lipinski definition) is 2. The molecule has 0 spiro atoms. The van der Waals surface area contributed by atoms with E-state index in [1.807, 2.05) is 0 Å². The molecule has 1 amide bonds. The van der Waals surface area contributed by atoms with Gasteiger partial charge in [-0.15, -0.1) is 0 Å². The second-order valence-corrected chi connectivity index (χ2v) is 2.33. The largest absolute Gasteiger partial charge is 0.339 e. The molecule has 0 atom stereocenters. The molecule has 0 unspecified atom stereocenters. The lowest BCUT2D eigenvalue weighted by Gasteiger charge is -2.26. The van der Waals surface area contributed by atoms with Crippen LogP contribution < -0.4 is 11.1 Å². The van der Waals surface area contributed by atoms with E-state index in [2.05, 4.69) is 5.32 Å². The molecule has 4 nitrogen and oxygen atoms in total. The summed E-state index contributed by atoms with van der Waals surface area (Å²) in [6.45, 7) is 3.53. The molecule has 13 heavy (non-hydrogen) atoms. The Morgan fingerprint density at radius 2 is 1.69 bits per heavy atom. The average molecular weight is 191 g/mol. The van der Waals surface area contributed by atoms with E-state index in [-0.39, 0.29) is 34.7 Å². The third kappa shape index (κ3) is 5.60. The van der Waals surface area contributed by atoms with E-state index >= 15 is 0 Å². The summed E-state index contributed by atoms with van der Waals surface area (Å²) in [6, 6.07) is 0. The highest BCUT2D eigenvalue weighted by atomic mass is 16.2. The number of nitrogens with one attached hydrogen (secondary N) is 1. The highest BCUT2D eigenvalue weighted by molar-refractivity contribution is 5.78. The lowest BCUT2D eigenvalue weighted by molar-refractivity contribution is -0.130. The van der Waals surface area contributed by atoms with Crippen LogP contribution in [-0.4, -0.2) is 43.5 Å². The first-order chi connectivity index (χ1) is 4.84. The maximum Gasteiger partial charge on any atom is 0.236 e. The van der Waals surface area contributed by atoms with Crippen LogP contribution in [0.1, 0.15) is 22.3 Å². The Hall–Kier alpha value is -0.610. The minimum absolute atomic E-state index is 0. The predicted octanol–water partition coefficient (Wildman–Crippen LogP) is 0.285. The topological polar surface area (TPSA) is 58.4 Å². The third-order valence-corrected chi connectivity index (χ3v) is 1.64. The van der Waals surface area contributed by atoms with Gasteiger partial charge in [-0.05, 0) is 0 Å². The molecule has 0 radical (unpaired) electrons. The molecule has 1 rings (SSSR count). The van der Waals surface area contributed by atoms with Gasteiger partial charge in [-0.1, -0.05) is 22.3 Å². The standard InChI is InChI=1S/C6H13N3O.3CH4/c7-5-6(10)9-3-1-8-2-4-9;;;/h8H,1-5,7H2;3*1H4. The summed E-state index contributed by atoms with van der Waals surface area (Å²) >= 11 is 0. The van der Waals surface area contributed by atoms with Gasteiger partial charge in [0.2, 0.25) is 5.91 Å². The quantitative estimate of drug-likeness (QED) is 0.626. The van der Waals surface area contributed by atoms with Crippen molar-refractivity contribution in [2.75, 3.05) is 32.7 Å². The van der Waals surface area contributed by atoms with E-state index in [0.717, 1.165) is 26.2 Å². The Kier molecular flexibility index (Phi) is 13.3. The number of carbonyl (C=O) groups is 1. The van der Waals surface area contributed by atoms with E-state index in [0.29, 0.717) is 0 Å². The van der Waals surface area contributed by atoms with Gasteiger partial charge in [-0.2, -0.15) is 0 Å². The molecule has 1 heterocycles. The smallest absolute Gasteiger partial charge is 0.236 e. The molecule has 0 bridgehead atoms. The highest BCUT2D eigenvalue weighted by Gasteiger charge is 2.13. The van der Waals surface area contributed by atoms with Crippen LogP contribution in [0.15, 0.2) is 0 Å². The van der Waals surface area contributed by atoms with Gasteiger partial charge in [-0.3, -0.25) is 4.79 Å². The van der Waals surface area contributed by atoms with E-state index in [1.165, 1.54) is 0 Å². The fourth-order valence-corrected chi connectivity index (χ4v) is 1.04. The monoisotopic (exact) mass is 191 g/mol. The van der Waals surface area contributed by atoms with Crippen molar-refractivity contribution in [1.82, 2.24) is 10.2 Å². The number of rotatable bonds is 1. The molecular formula is C9H25N3O. The molecule has 0 aromatic heterocycles. The van der Waals surface area contributed by atoms with E-state index < -0.39 is 0 Å². The lowest BCUT2D eigenvalue weighted by Crippen LogP contribution is -2.48. The normalized spacial score (nSPS) is 14.7. The Morgan fingerprint density at radius 1 is 1.23 bits per heavy atom. The van der Waals surface area contributed by atoms with Gasteiger partial charge in [0.25, 0.3) is 0 Å². The van der Waals surface area contributed by atoms with Crippen LogP contribution >= 0.6 is 0 Å². The number of nitrogens with two attached hydrogens (primary N) is 1. The molecule has 0 saturated carbocycles. The van der Waals surface area contributed by atoms with Gasteiger partial charge in [0, 0.05) is 26.2 Å². The van der Waals surface area contributed by atoms with Gasteiger partial charge < -0.3 is 16.0 Å². The van der Waals surface area contributed by atoms with Crippen LogP contribution in [-0.2, 0) is 4.79 Å². The van der Waals surface area contributed by atoms with Crippen LogP contribution in [0, 0.1) is 0 Å². The van der Waals surface area contributed by atoms with Crippen LogP contribution in [0.4, 0.5) is 0 Å². The van der Waals surface area contributed by atoms with Gasteiger partial charge >= 0.3 is 0 Å². The first kappa shape index (κ1) is 18.2. The minimum atomic E-state index is 0. The number of carbonyl (C=O) groups excluding carboxylic acids is 1. The Balaban J connectivity index is -0.000000333. The maximum absolute atomic E-state index is 10.9. The van der Waals surface area contributed by atoms with Crippen LogP contribution in [0.2, 0.25) is 0 Å². The van der Waals surface area contributed by atoms with E-state index in [1.54, 1.807) is 4.90 Å². The Labute approximate surface area is 82.5 Å². The lowest BCUT2D eigenvalue weighted by atomic mass is 10.3. The molecule has 1 aliphatic rings. The molecule has 82 valence electrons. The summed E-state index contributed by atoms with van der Waals surface area (Å²) < 4.78 is 0. The second kappa shape index (κ2) is 9.48. The van der Waals surface area contributed by atoms with Crippen molar-refractivity contribution in [3.05, 3.63) is 0 Å². The fraction of sp³-hybridized carbons (Fsp3) is 0.889. The third-order valence-electron chi connectivity index (χ3n) is 1.64. The van der Waals surface area contributed by atoms with Crippen LogP contribution in [0.5, 0.6) is 0 Å². The summed E-state index contributed by atoms with van der Waals surface area (Å²) in [5, 5.41) is 3.16. The first-order valence-corrected chi connectivity index (χ1v) is 3.53. The molecular weight excluding hydrogens is 166 g/mol. The van der Waals surface area contributed by atoms with Crippen molar-refractivity contribution >= 4 is 5.91 Å². The van der Waals surface area contributed by atoms with Crippen molar-refractivity contribution in [3.8, 4) is 0 Å². The van der Waals surface area contributed by atoms with Crippen LogP contribution in [0.25, 0.3) is 0 Å². The number of hydrogen-bond acceptors (Lipinski definition) is 3. The van der Waals surface area contributed by atoms with Crippen molar-refractivity contribution in [2.45, 2.75) is 22.3 Å². The molecule has 0 aromatic rings. The fourth-order valence-electron chi connectivity index (χ4n) is 1.04. The highest BCUT2D eigenvalue weighted by Crippen LogP contribution is 1.90. The molecule has 1 aliphatic heterocycles. The zero-order chi connectivity index (χ0) is 7.40. The zero-order valence-corrected chi connectivity index (χ0v) is 5.97. The number of amides is 1. The summed E-state index contributed by atoms with van der Waals surface area (Å²) in [5.74, 6) is 0.0569. The van der Waals surface area contributed by atoms with E-state index in [4.69, 9.17) is 5.73 Å². The summed E-state index contributed by atoms with van der Waals surface area (Å²) in [7, 11) is 0. The van der Waals surface area contributed by atoms with Crippen molar-refractivity contribution in [2.24, 2.45) is 5.73 Å². The van der Waals surface area contributed by atoms with Gasteiger partial charge in [-0.25, -0.2) is 0 Å². The first-order valence-electron chi connectivity index (χ1n) is 3.53. The molecule has 4 heteroatoms. The average Bonchev–Trinajstić information content (AvgIpc) is 2.05. The predicted molar refractivity (Wildman–Crippen MR) is 58.7 cm³/mol. The Bertz CT molecular complexity index is 122. The zero-order valence-electron chi connectivity index (χ0n) is 5.97. The Morgan fingerprint density at radius 3 is 2.08 bits per heavy atom. The summed E-state index contributed by atoms with van der Waals surface area (Å²) in [4.78, 5) is 12.7. The minimum Gasteiger partial charge on any atom is -0.339 e. The summed E-state index contributed by atoms with van der Waals surface area (Å²) in [6.07, 6.45) is 0. The van der Waals surface area contributed by atoms with Gasteiger partial charge in [0.05, 0.1) is 6.54 Å². The van der Waals surface area contributed by atoms with Crippen molar-refractivity contribution in [1.29, 1.82) is 0 Å².